The summed E-state index contributed by atoms with van der Waals surface area (Å²) in [7, 11) is 3.72. The Labute approximate surface area is 67.7 Å². The molecule has 0 heterocycles. The molecule has 0 bridgehead atoms. The van der Waals surface area contributed by atoms with Crippen molar-refractivity contribution in [2.24, 2.45) is 11.8 Å². The SMILES string of the molecule is CC(C)[C@H](C(=O)NN)N(C)C. The van der Waals surface area contributed by atoms with Gasteiger partial charge in [-0.05, 0) is 20.0 Å². The molecule has 0 unspecified atom stereocenters. The van der Waals surface area contributed by atoms with Gasteiger partial charge in [-0.1, -0.05) is 13.8 Å². The molecular weight excluding hydrogens is 142 g/mol. The summed E-state index contributed by atoms with van der Waals surface area (Å²) in [6.45, 7) is 3.97. The first kappa shape index (κ1) is 10.4. The molecular formula is C7H17N3O. The number of amides is 1. The molecule has 0 saturated carbocycles. The molecule has 0 rings (SSSR count). The minimum atomic E-state index is -0.139. The summed E-state index contributed by atoms with van der Waals surface area (Å²) in [6, 6.07) is -0.139. The topological polar surface area (TPSA) is 58.4 Å². The molecule has 4 heteroatoms. The van der Waals surface area contributed by atoms with Crippen molar-refractivity contribution >= 4 is 5.91 Å². The number of nitrogens with one attached hydrogen (secondary N) is 1. The highest BCUT2D eigenvalue weighted by Gasteiger charge is 2.22. The van der Waals surface area contributed by atoms with Gasteiger partial charge in [-0.15, -0.1) is 0 Å². The predicted molar refractivity (Wildman–Crippen MR) is 44.6 cm³/mol. The van der Waals surface area contributed by atoms with Gasteiger partial charge in [-0.25, -0.2) is 5.84 Å². The zero-order valence-corrected chi connectivity index (χ0v) is 7.59. The molecule has 0 saturated heterocycles. The molecule has 0 aromatic heterocycles. The molecule has 0 aromatic rings. The summed E-state index contributed by atoms with van der Waals surface area (Å²) in [5.74, 6) is 5.16. The van der Waals surface area contributed by atoms with Crippen molar-refractivity contribution < 1.29 is 4.79 Å². The van der Waals surface area contributed by atoms with Gasteiger partial charge >= 0.3 is 0 Å². The highest BCUT2D eigenvalue weighted by atomic mass is 16.2. The summed E-state index contributed by atoms with van der Waals surface area (Å²) in [5.41, 5.74) is 2.15. The van der Waals surface area contributed by atoms with Gasteiger partial charge in [0.25, 0.3) is 5.91 Å². The molecule has 4 nitrogen and oxygen atoms in total. The van der Waals surface area contributed by atoms with E-state index in [1.165, 1.54) is 0 Å². The number of hydrazine groups is 1. The molecule has 0 radical (unpaired) electrons. The number of nitrogens with zero attached hydrogens (tertiary/aromatic N) is 1. The fraction of sp³-hybridized carbons (Fsp3) is 0.857. The maximum absolute atomic E-state index is 11.1. The van der Waals surface area contributed by atoms with Crippen molar-refractivity contribution in [3.05, 3.63) is 0 Å². The van der Waals surface area contributed by atoms with Crippen molar-refractivity contribution in [3.8, 4) is 0 Å². The van der Waals surface area contributed by atoms with Gasteiger partial charge in [0.15, 0.2) is 0 Å². The Bertz CT molecular complexity index is 126. The maximum Gasteiger partial charge on any atom is 0.251 e. The van der Waals surface area contributed by atoms with Crippen LogP contribution in [0.3, 0.4) is 0 Å². The Hall–Kier alpha value is -0.610. The highest BCUT2D eigenvalue weighted by molar-refractivity contribution is 5.81. The van der Waals surface area contributed by atoms with Gasteiger partial charge in [0, 0.05) is 0 Å². The van der Waals surface area contributed by atoms with E-state index in [4.69, 9.17) is 5.84 Å². The van der Waals surface area contributed by atoms with Gasteiger partial charge in [-0.2, -0.15) is 0 Å². The average Bonchev–Trinajstić information content (AvgIpc) is 1.85. The molecule has 0 aliphatic heterocycles. The molecule has 0 fully saturated rings. The molecule has 1 amide bonds. The number of carbonyl (C=O) groups is 1. The van der Waals surface area contributed by atoms with Crippen molar-refractivity contribution in [2.45, 2.75) is 19.9 Å². The number of likely N-dealkylation sites (N-methyl/N-ethyl adjacent to an activating group) is 1. The van der Waals surface area contributed by atoms with Crippen molar-refractivity contribution in [2.75, 3.05) is 14.1 Å². The lowest BCUT2D eigenvalue weighted by atomic mass is 10.0. The second-order valence-corrected chi connectivity index (χ2v) is 3.16. The van der Waals surface area contributed by atoms with E-state index in [1.807, 2.05) is 32.8 Å². The molecule has 66 valence electrons. The minimum absolute atomic E-state index is 0.134. The van der Waals surface area contributed by atoms with Gasteiger partial charge in [0.2, 0.25) is 0 Å². The summed E-state index contributed by atoms with van der Waals surface area (Å²) in [5, 5.41) is 0. The van der Waals surface area contributed by atoms with Crippen LogP contribution in [0.25, 0.3) is 0 Å². The Kier molecular flexibility index (Phi) is 4.07. The first-order valence-corrected chi connectivity index (χ1v) is 3.67. The molecule has 0 aliphatic carbocycles. The summed E-state index contributed by atoms with van der Waals surface area (Å²) in [6.07, 6.45) is 0. The third-order valence-electron chi connectivity index (χ3n) is 1.60. The largest absolute Gasteiger partial charge is 0.298 e. The normalized spacial score (nSPS) is 13.7. The number of rotatable bonds is 3. The van der Waals surface area contributed by atoms with E-state index in [2.05, 4.69) is 5.43 Å². The van der Waals surface area contributed by atoms with Crippen LogP contribution in [0.4, 0.5) is 0 Å². The summed E-state index contributed by atoms with van der Waals surface area (Å²) >= 11 is 0. The van der Waals surface area contributed by atoms with Gasteiger partial charge in [0.1, 0.15) is 0 Å². The number of hydrogen-bond donors (Lipinski definition) is 2. The van der Waals surface area contributed by atoms with Crippen molar-refractivity contribution in [1.29, 1.82) is 0 Å². The van der Waals surface area contributed by atoms with E-state index < -0.39 is 0 Å². The van der Waals surface area contributed by atoms with Crippen LogP contribution >= 0.6 is 0 Å². The van der Waals surface area contributed by atoms with Crippen molar-refractivity contribution in [1.82, 2.24) is 10.3 Å². The molecule has 0 spiro atoms. The van der Waals surface area contributed by atoms with Crippen LogP contribution < -0.4 is 11.3 Å². The van der Waals surface area contributed by atoms with E-state index >= 15 is 0 Å². The lowest BCUT2D eigenvalue weighted by Gasteiger charge is -2.25. The maximum atomic E-state index is 11.1. The van der Waals surface area contributed by atoms with E-state index in [9.17, 15) is 4.79 Å². The van der Waals surface area contributed by atoms with Gasteiger partial charge in [0.05, 0.1) is 6.04 Å². The third kappa shape index (κ3) is 2.86. The Morgan fingerprint density at radius 3 is 2.00 bits per heavy atom. The lowest BCUT2D eigenvalue weighted by Crippen LogP contribution is -2.48. The summed E-state index contributed by atoms with van der Waals surface area (Å²) < 4.78 is 0. The quantitative estimate of drug-likeness (QED) is 0.333. The average molecular weight is 159 g/mol. The van der Waals surface area contributed by atoms with E-state index in [-0.39, 0.29) is 17.9 Å². The van der Waals surface area contributed by atoms with Crippen LogP contribution in [0.2, 0.25) is 0 Å². The smallest absolute Gasteiger partial charge is 0.251 e. The zero-order chi connectivity index (χ0) is 9.02. The first-order chi connectivity index (χ1) is 5.00. The summed E-state index contributed by atoms with van der Waals surface area (Å²) in [4.78, 5) is 13.0. The second-order valence-electron chi connectivity index (χ2n) is 3.16. The van der Waals surface area contributed by atoms with Crippen molar-refractivity contribution in [3.63, 3.8) is 0 Å². The number of hydrogen-bond acceptors (Lipinski definition) is 3. The fourth-order valence-electron chi connectivity index (χ4n) is 1.22. The lowest BCUT2D eigenvalue weighted by molar-refractivity contribution is -0.127. The monoisotopic (exact) mass is 159 g/mol. The highest BCUT2D eigenvalue weighted by Crippen LogP contribution is 2.06. The van der Waals surface area contributed by atoms with E-state index in [1.54, 1.807) is 0 Å². The van der Waals surface area contributed by atoms with Crippen LogP contribution in [0.1, 0.15) is 13.8 Å². The Balaban J connectivity index is 4.22. The van der Waals surface area contributed by atoms with Gasteiger partial charge in [-0.3, -0.25) is 15.1 Å². The molecule has 1 atom stereocenters. The van der Waals surface area contributed by atoms with Crippen LogP contribution in [0, 0.1) is 5.92 Å². The van der Waals surface area contributed by atoms with E-state index in [0.717, 1.165) is 0 Å². The Morgan fingerprint density at radius 2 is 1.91 bits per heavy atom. The number of carbonyl (C=O) groups excluding carboxylic acids is 1. The van der Waals surface area contributed by atoms with Gasteiger partial charge < -0.3 is 0 Å². The fourth-order valence-corrected chi connectivity index (χ4v) is 1.22. The first-order valence-electron chi connectivity index (χ1n) is 3.67. The minimum Gasteiger partial charge on any atom is -0.298 e. The second kappa shape index (κ2) is 4.31. The molecule has 0 aromatic carbocycles. The molecule has 11 heavy (non-hydrogen) atoms. The molecule has 0 aliphatic rings. The van der Waals surface area contributed by atoms with E-state index in [0.29, 0.717) is 0 Å². The van der Waals surface area contributed by atoms with Crippen LogP contribution in [0.15, 0.2) is 0 Å². The standard InChI is InChI=1S/C7H17N3O/c1-5(2)6(10(3)4)7(11)9-8/h5-6H,8H2,1-4H3,(H,9,11)/t6-/m1/s1. The van der Waals surface area contributed by atoms with Crippen LogP contribution in [0.5, 0.6) is 0 Å². The van der Waals surface area contributed by atoms with Crippen LogP contribution in [-0.4, -0.2) is 30.9 Å². The molecule has 3 N–H and O–H groups in total. The third-order valence-corrected chi connectivity index (χ3v) is 1.60. The predicted octanol–water partition coefficient (Wildman–Crippen LogP) is -0.437. The van der Waals surface area contributed by atoms with Crippen LogP contribution in [-0.2, 0) is 4.79 Å². The Morgan fingerprint density at radius 1 is 1.45 bits per heavy atom. The zero-order valence-electron chi connectivity index (χ0n) is 7.59. The number of nitrogens with two attached hydrogens (primary N) is 1.